The maximum atomic E-state index is 5.86. The van der Waals surface area contributed by atoms with Crippen LogP contribution < -0.4 is 10.6 Å². The fourth-order valence-electron chi connectivity index (χ4n) is 2.93. The quantitative estimate of drug-likeness (QED) is 0.572. The summed E-state index contributed by atoms with van der Waals surface area (Å²) in [7, 11) is 0. The van der Waals surface area contributed by atoms with Crippen LogP contribution in [0.4, 0.5) is 11.4 Å². The van der Waals surface area contributed by atoms with Crippen molar-refractivity contribution in [1.82, 2.24) is 4.90 Å². The smallest absolute Gasteiger partial charge is 0.0602 e. The van der Waals surface area contributed by atoms with Crippen LogP contribution in [-0.2, 0) is 6.42 Å². The number of nitrogens with zero attached hydrogens (tertiary/aromatic N) is 2. The molecule has 2 bridgehead atoms. The molecule has 0 spiro atoms. The van der Waals surface area contributed by atoms with Gasteiger partial charge in [0.15, 0.2) is 0 Å². The van der Waals surface area contributed by atoms with Crippen molar-refractivity contribution < 1.29 is 0 Å². The molecule has 1 aromatic carbocycles. The standard InChI is InChI=1S/C14H17N3/c1-2-5-16-6-7-17-10-13(16)8-11-3-4-12(15)9-14(11)17/h1,3-4,9,13H,5-8,10,15H2. The molecule has 1 fully saturated rings. The van der Waals surface area contributed by atoms with Gasteiger partial charge in [-0.2, -0.15) is 0 Å². The van der Waals surface area contributed by atoms with Crippen molar-refractivity contribution in [2.45, 2.75) is 12.5 Å². The minimum Gasteiger partial charge on any atom is -0.399 e. The first-order valence-electron chi connectivity index (χ1n) is 6.09. The Balaban J connectivity index is 1.92. The molecule has 2 aliphatic heterocycles. The molecule has 3 nitrogen and oxygen atoms in total. The van der Waals surface area contributed by atoms with Crippen LogP contribution in [0.5, 0.6) is 0 Å². The van der Waals surface area contributed by atoms with Crippen molar-refractivity contribution in [2.75, 3.05) is 36.8 Å². The molecule has 3 heteroatoms. The molecule has 1 aromatic rings. The van der Waals surface area contributed by atoms with Crippen LogP contribution in [0, 0.1) is 12.3 Å². The van der Waals surface area contributed by atoms with Gasteiger partial charge in [-0.25, -0.2) is 0 Å². The second-order valence-corrected chi connectivity index (χ2v) is 4.87. The lowest BCUT2D eigenvalue weighted by Crippen LogP contribution is -2.56. The van der Waals surface area contributed by atoms with E-state index in [2.05, 4.69) is 27.9 Å². The number of nitrogens with two attached hydrogens (primary N) is 1. The van der Waals surface area contributed by atoms with E-state index in [-0.39, 0.29) is 0 Å². The highest BCUT2D eigenvalue weighted by Gasteiger charge is 2.32. The van der Waals surface area contributed by atoms with Crippen LogP contribution in [0.1, 0.15) is 5.56 Å². The lowest BCUT2D eigenvalue weighted by molar-refractivity contribution is 0.191. The summed E-state index contributed by atoms with van der Waals surface area (Å²) in [6, 6.07) is 6.81. The number of fused-ring (bicyclic) bond motifs is 4. The minimum atomic E-state index is 0.566. The SMILES string of the molecule is C#CCN1CCN2CC1Cc1ccc(N)cc12. The Labute approximate surface area is 102 Å². The van der Waals surface area contributed by atoms with E-state index in [1.54, 1.807) is 0 Å². The van der Waals surface area contributed by atoms with Crippen LogP contribution in [0.3, 0.4) is 0 Å². The summed E-state index contributed by atoms with van der Waals surface area (Å²) in [5.74, 6) is 2.76. The van der Waals surface area contributed by atoms with Gasteiger partial charge in [-0.15, -0.1) is 6.42 Å². The Morgan fingerprint density at radius 2 is 2.29 bits per heavy atom. The van der Waals surface area contributed by atoms with Crippen molar-refractivity contribution in [3.05, 3.63) is 23.8 Å². The summed E-state index contributed by atoms with van der Waals surface area (Å²) in [5.41, 5.74) is 9.44. The summed E-state index contributed by atoms with van der Waals surface area (Å²) < 4.78 is 0. The molecule has 0 radical (unpaired) electrons. The van der Waals surface area contributed by atoms with Crippen molar-refractivity contribution in [3.63, 3.8) is 0 Å². The van der Waals surface area contributed by atoms with E-state index in [0.29, 0.717) is 6.04 Å². The maximum absolute atomic E-state index is 5.86. The van der Waals surface area contributed by atoms with E-state index >= 15 is 0 Å². The highest BCUT2D eigenvalue weighted by molar-refractivity contribution is 5.63. The first-order chi connectivity index (χ1) is 8.28. The second kappa shape index (κ2) is 3.97. The Morgan fingerprint density at radius 3 is 3.12 bits per heavy atom. The molecule has 0 aromatic heterocycles. The molecular formula is C14H17N3. The van der Waals surface area contributed by atoms with Crippen molar-refractivity contribution in [3.8, 4) is 12.3 Å². The van der Waals surface area contributed by atoms with Gasteiger partial charge in [-0.1, -0.05) is 12.0 Å². The number of nitrogen functional groups attached to an aromatic ring is 1. The molecule has 17 heavy (non-hydrogen) atoms. The van der Waals surface area contributed by atoms with E-state index in [9.17, 15) is 0 Å². The number of benzene rings is 1. The van der Waals surface area contributed by atoms with Crippen LogP contribution in [0.15, 0.2) is 18.2 Å². The number of piperazine rings is 1. The molecule has 2 N–H and O–H groups in total. The largest absolute Gasteiger partial charge is 0.399 e. The molecular weight excluding hydrogens is 210 g/mol. The van der Waals surface area contributed by atoms with E-state index in [1.165, 1.54) is 11.3 Å². The molecule has 1 saturated heterocycles. The summed E-state index contributed by atoms with van der Waals surface area (Å²) in [4.78, 5) is 4.85. The number of anilines is 2. The zero-order chi connectivity index (χ0) is 11.8. The maximum Gasteiger partial charge on any atom is 0.0602 e. The van der Waals surface area contributed by atoms with Crippen LogP contribution in [0.25, 0.3) is 0 Å². The molecule has 1 unspecified atom stereocenters. The monoisotopic (exact) mass is 227 g/mol. The predicted octanol–water partition coefficient (Wildman–Crippen LogP) is 0.949. The van der Waals surface area contributed by atoms with Gasteiger partial charge in [0, 0.05) is 37.1 Å². The van der Waals surface area contributed by atoms with E-state index in [4.69, 9.17) is 12.2 Å². The van der Waals surface area contributed by atoms with Gasteiger partial charge in [0.25, 0.3) is 0 Å². The molecule has 0 amide bonds. The number of rotatable bonds is 1. The van der Waals surface area contributed by atoms with Gasteiger partial charge in [-0.3, -0.25) is 4.90 Å². The first kappa shape index (κ1) is 10.5. The Kier molecular flexibility index (Phi) is 2.45. The van der Waals surface area contributed by atoms with Gasteiger partial charge >= 0.3 is 0 Å². The highest BCUT2D eigenvalue weighted by Crippen LogP contribution is 2.32. The topological polar surface area (TPSA) is 32.5 Å². The van der Waals surface area contributed by atoms with Crippen molar-refractivity contribution >= 4 is 11.4 Å². The van der Waals surface area contributed by atoms with Gasteiger partial charge in [0.05, 0.1) is 6.54 Å². The molecule has 2 heterocycles. The fraction of sp³-hybridized carbons (Fsp3) is 0.429. The third kappa shape index (κ3) is 1.75. The average molecular weight is 227 g/mol. The van der Waals surface area contributed by atoms with Crippen molar-refractivity contribution in [2.24, 2.45) is 0 Å². The summed E-state index contributed by atoms with van der Waals surface area (Å²) in [5, 5.41) is 0. The minimum absolute atomic E-state index is 0.566. The summed E-state index contributed by atoms with van der Waals surface area (Å²) >= 11 is 0. The van der Waals surface area contributed by atoms with Crippen LogP contribution in [0.2, 0.25) is 0 Å². The second-order valence-electron chi connectivity index (χ2n) is 4.87. The normalized spacial score (nSPS) is 23.0. The van der Waals surface area contributed by atoms with E-state index < -0.39 is 0 Å². The number of hydrogen-bond donors (Lipinski definition) is 1. The molecule has 0 saturated carbocycles. The van der Waals surface area contributed by atoms with Crippen LogP contribution >= 0.6 is 0 Å². The Hall–Kier alpha value is -1.66. The molecule has 3 rings (SSSR count). The van der Waals surface area contributed by atoms with E-state index in [0.717, 1.165) is 38.3 Å². The Morgan fingerprint density at radius 1 is 1.41 bits per heavy atom. The highest BCUT2D eigenvalue weighted by atomic mass is 15.3. The summed E-state index contributed by atoms with van der Waals surface area (Å²) in [6.45, 7) is 3.96. The average Bonchev–Trinajstić information content (AvgIpc) is 2.34. The zero-order valence-corrected chi connectivity index (χ0v) is 9.89. The lowest BCUT2D eigenvalue weighted by atomic mass is 9.94. The molecule has 0 aliphatic carbocycles. The Bertz CT molecular complexity index is 475. The molecule has 1 atom stereocenters. The van der Waals surface area contributed by atoms with Gasteiger partial charge in [-0.05, 0) is 24.1 Å². The van der Waals surface area contributed by atoms with E-state index in [1.807, 2.05) is 6.07 Å². The predicted molar refractivity (Wildman–Crippen MR) is 71.0 cm³/mol. The van der Waals surface area contributed by atoms with Gasteiger partial charge < -0.3 is 10.6 Å². The van der Waals surface area contributed by atoms with Crippen molar-refractivity contribution in [1.29, 1.82) is 0 Å². The third-order valence-corrected chi connectivity index (χ3v) is 3.80. The third-order valence-electron chi connectivity index (χ3n) is 3.80. The first-order valence-corrected chi connectivity index (χ1v) is 6.09. The summed E-state index contributed by atoms with van der Waals surface area (Å²) in [6.07, 6.45) is 6.51. The number of hydrogen-bond acceptors (Lipinski definition) is 3. The lowest BCUT2D eigenvalue weighted by Gasteiger charge is -2.46. The zero-order valence-electron chi connectivity index (χ0n) is 9.89. The van der Waals surface area contributed by atoms with Gasteiger partial charge in [0.1, 0.15) is 0 Å². The molecule has 2 aliphatic rings. The van der Waals surface area contributed by atoms with Gasteiger partial charge in [0.2, 0.25) is 0 Å². The molecule has 88 valence electrons. The number of terminal acetylenes is 1. The fourth-order valence-corrected chi connectivity index (χ4v) is 2.93. The van der Waals surface area contributed by atoms with Crippen LogP contribution in [-0.4, -0.2) is 37.1 Å².